The van der Waals surface area contributed by atoms with E-state index in [9.17, 15) is 4.79 Å². The summed E-state index contributed by atoms with van der Waals surface area (Å²) in [6, 6.07) is 5.28. The Kier molecular flexibility index (Phi) is 3.40. The zero-order valence-electron chi connectivity index (χ0n) is 11.8. The second-order valence-electron chi connectivity index (χ2n) is 5.71. The number of carbonyl (C=O) groups excluding carboxylic acids is 1. The minimum atomic E-state index is -0.0417. The van der Waals surface area contributed by atoms with Gasteiger partial charge in [-0.25, -0.2) is 4.98 Å². The van der Waals surface area contributed by atoms with E-state index in [-0.39, 0.29) is 11.9 Å². The average molecular weight is 319 g/mol. The molecule has 0 unspecified atom stereocenters. The molecule has 2 fully saturated rings. The van der Waals surface area contributed by atoms with Crippen molar-refractivity contribution in [1.82, 2.24) is 15.6 Å². The first kappa shape index (κ1) is 13.5. The van der Waals surface area contributed by atoms with Gasteiger partial charge in [-0.3, -0.25) is 4.79 Å². The third-order valence-corrected chi connectivity index (χ3v) is 6.02. The molecule has 0 aliphatic carbocycles. The number of fused-ring (bicyclic) bond motifs is 3. The molecular formula is C15H17N3OS2. The second kappa shape index (κ2) is 5.26. The van der Waals surface area contributed by atoms with Crippen LogP contribution in [0.25, 0.3) is 10.1 Å². The van der Waals surface area contributed by atoms with Gasteiger partial charge in [-0.05, 0) is 43.0 Å². The average Bonchev–Trinajstić information content (AvgIpc) is 3.21. The van der Waals surface area contributed by atoms with Crippen LogP contribution in [0.5, 0.6) is 0 Å². The highest BCUT2D eigenvalue weighted by Gasteiger charge is 2.39. The monoisotopic (exact) mass is 319 g/mol. The molecular weight excluding hydrogens is 302 g/mol. The molecule has 2 saturated heterocycles. The molecule has 110 valence electrons. The molecule has 2 aliphatic heterocycles. The van der Waals surface area contributed by atoms with Crippen molar-refractivity contribution < 1.29 is 4.79 Å². The first-order valence-corrected chi connectivity index (χ1v) is 9.34. The summed E-state index contributed by atoms with van der Waals surface area (Å²) in [5.74, 6) is -0.0417. The molecule has 3 atom stereocenters. The van der Waals surface area contributed by atoms with Crippen molar-refractivity contribution in [2.24, 2.45) is 0 Å². The van der Waals surface area contributed by atoms with Crippen LogP contribution in [0, 0.1) is 0 Å². The Morgan fingerprint density at radius 1 is 1.52 bits per heavy atom. The van der Waals surface area contributed by atoms with E-state index < -0.39 is 0 Å². The van der Waals surface area contributed by atoms with Gasteiger partial charge in [0.05, 0.1) is 0 Å². The predicted molar refractivity (Wildman–Crippen MR) is 87.2 cm³/mol. The molecule has 4 rings (SSSR count). The van der Waals surface area contributed by atoms with Crippen molar-refractivity contribution in [2.75, 3.05) is 6.26 Å². The quantitative estimate of drug-likeness (QED) is 0.854. The number of aromatic nitrogens is 1. The highest BCUT2D eigenvalue weighted by molar-refractivity contribution is 7.98. The fourth-order valence-electron chi connectivity index (χ4n) is 3.43. The first-order chi connectivity index (χ1) is 10.2. The van der Waals surface area contributed by atoms with Gasteiger partial charge in [0.2, 0.25) is 0 Å². The summed E-state index contributed by atoms with van der Waals surface area (Å²) < 4.78 is 1.13. The Balaban J connectivity index is 1.59. The zero-order chi connectivity index (χ0) is 14.4. The summed E-state index contributed by atoms with van der Waals surface area (Å²) in [7, 11) is 0. The van der Waals surface area contributed by atoms with Gasteiger partial charge in [-0.15, -0.1) is 23.1 Å². The molecule has 2 aromatic rings. The van der Waals surface area contributed by atoms with Crippen LogP contribution in [0.3, 0.4) is 0 Å². The molecule has 0 spiro atoms. The SMILES string of the molecule is CSc1nc(C(=O)N[C@@H]2C[C@H]3CC[C@@H]2N3)cc2sccc12. The maximum absolute atomic E-state index is 12.5. The van der Waals surface area contributed by atoms with Crippen molar-refractivity contribution in [3.63, 3.8) is 0 Å². The normalized spacial score (nSPS) is 27.4. The molecule has 6 heteroatoms. The molecule has 0 radical (unpaired) electrons. The second-order valence-corrected chi connectivity index (χ2v) is 7.45. The molecule has 0 saturated carbocycles. The lowest BCUT2D eigenvalue weighted by molar-refractivity contribution is 0.0925. The molecule has 2 aliphatic rings. The van der Waals surface area contributed by atoms with Crippen molar-refractivity contribution >= 4 is 39.1 Å². The maximum Gasteiger partial charge on any atom is 0.270 e. The van der Waals surface area contributed by atoms with Gasteiger partial charge in [0, 0.05) is 28.2 Å². The summed E-state index contributed by atoms with van der Waals surface area (Å²) in [4.78, 5) is 17.0. The van der Waals surface area contributed by atoms with Crippen LogP contribution in [-0.4, -0.2) is 35.3 Å². The van der Waals surface area contributed by atoms with Gasteiger partial charge in [0.15, 0.2) is 0 Å². The van der Waals surface area contributed by atoms with Gasteiger partial charge in [-0.2, -0.15) is 0 Å². The summed E-state index contributed by atoms with van der Waals surface area (Å²) in [5.41, 5.74) is 0.539. The zero-order valence-corrected chi connectivity index (χ0v) is 13.4. The third-order valence-electron chi connectivity index (χ3n) is 4.46. The lowest BCUT2D eigenvalue weighted by Crippen LogP contribution is -2.43. The van der Waals surface area contributed by atoms with Crippen molar-refractivity contribution in [1.29, 1.82) is 0 Å². The van der Waals surface area contributed by atoms with E-state index in [4.69, 9.17) is 0 Å². The van der Waals surface area contributed by atoms with Gasteiger partial charge in [0.1, 0.15) is 10.7 Å². The maximum atomic E-state index is 12.5. The van der Waals surface area contributed by atoms with Crippen LogP contribution in [-0.2, 0) is 0 Å². The third kappa shape index (κ3) is 2.35. The van der Waals surface area contributed by atoms with E-state index in [1.807, 2.05) is 17.7 Å². The smallest absolute Gasteiger partial charge is 0.270 e. The predicted octanol–water partition coefficient (Wildman–Crippen LogP) is 2.64. The fourth-order valence-corrected chi connectivity index (χ4v) is 4.91. The Hall–Kier alpha value is -1.11. The Morgan fingerprint density at radius 3 is 3.14 bits per heavy atom. The number of hydrogen-bond acceptors (Lipinski definition) is 5. The van der Waals surface area contributed by atoms with Crippen LogP contribution < -0.4 is 10.6 Å². The summed E-state index contributed by atoms with van der Waals surface area (Å²) >= 11 is 3.25. The minimum Gasteiger partial charge on any atom is -0.346 e. The minimum absolute atomic E-state index is 0.0417. The largest absolute Gasteiger partial charge is 0.346 e. The lowest BCUT2D eigenvalue weighted by atomic mass is 9.95. The van der Waals surface area contributed by atoms with E-state index in [1.54, 1.807) is 23.1 Å². The van der Waals surface area contributed by atoms with Crippen molar-refractivity contribution in [3.05, 3.63) is 23.2 Å². The number of rotatable bonds is 3. The standard InChI is InChI=1S/C15H17N3OS2/c1-20-15-9-4-5-21-13(9)7-12(18-15)14(19)17-11-6-8-2-3-10(11)16-8/h4-5,7-8,10-11,16H,2-3,6H2,1H3,(H,17,19)/t8-,10+,11-/m1/s1. The van der Waals surface area contributed by atoms with Gasteiger partial charge in [0.25, 0.3) is 5.91 Å². The molecule has 2 aromatic heterocycles. The van der Waals surface area contributed by atoms with Crippen LogP contribution in [0.15, 0.2) is 22.5 Å². The van der Waals surface area contributed by atoms with E-state index in [2.05, 4.69) is 21.7 Å². The van der Waals surface area contributed by atoms with Crippen molar-refractivity contribution in [3.8, 4) is 0 Å². The highest BCUT2D eigenvalue weighted by atomic mass is 32.2. The molecule has 2 bridgehead atoms. The van der Waals surface area contributed by atoms with Gasteiger partial charge >= 0.3 is 0 Å². The molecule has 2 N–H and O–H groups in total. The summed E-state index contributed by atoms with van der Waals surface area (Å²) in [6.07, 6.45) is 5.46. The van der Waals surface area contributed by atoms with Gasteiger partial charge < -0.3 is 10.6 Å². The lowest BCUT2D eigenvalue weighted by Gasteiger charge is -2.21. The molecule has 0 aromatic carbocycles. The topological polar surface area (TPSA) is 54.0 Å². The Labute approximate surface area is 131 Å². The van der Waals surface area contributed by atoms with E-state index in [1.165, 1.54) is 12.8 Å². The number of carbonyl (C=O) groups is 1. The number of amides is 1. The summed E-state index contributed by atoms with van der Waals surface area (Å²) in [5, 5.41) is 10.8. The number of thioether (sulfide) groups is 1. The van der Waals surface area contributed by atoms with Crippen molar-refractivity contribution in [2.45, 2.75) is 42.4 Å². The number of thiophene rings is 1. The Morgan fingerprint density at radius 2 is 2.43 bits per heavy atom. The number of nitrogens with one attached hydrogen (secondary N) is 2. The van der Waals surface area contributed by atoms with E-state index >= 15 is 0 Å². The molecule has 1 amide bonds. The van der Waals surface area contributed by atoms with Gasteiger partial charge in [-0.1, -0.05) is 0 Å². The molecule has 21 heavy (non-hydrogen) atoms. The molecule has 4 heterocycles. The van der Waals surface area contributed by atoms with Crippen LogP contribution >= 0.6 is 23.1 Å². The van der Waals surface area contributed by atoms with E-state index in [0.717, 1.165) is 21.5 Å². The number of hydrogen-bond donors (Lipinski definition) is 2. The summed E-state index contributed by atoms with van der Waals surface area (Å²) in [6.45, 7) is 0. The first-order valence-electron chi connectivity index (χ1n) is 7.24. The van der Waals surface area contributed by atoms with Crippen LogP contribution in [0.4, 0.5) is 0 Å². The number of pyridine rings is 1. The molecule has 4 nitrogen and oxygen atoms in total. The number of nitrogens with zero attached hydrogens (tertiary/aromatic N) is 1. The fraction of sp³-hybridized carbons (Fsp3) is 0.467. The van der Waals surface area contributed by atoms with Crippen LogP contribution in [0.2, 0.25) is 0 Å². The van der Waals surface area contributed by atoms with Crippen LogP contribution in [0.1, 0.15) is 29.8 Å². The van der Waals surface area contributed by atoms with E-state index in [0.29, 0.717) is 17.8 Å². The Bertz CT molecular complexity index is 699. The highest BCUT2D eigenvalue weighted by Crippen LogP contribution is 2.30.